The molecule has 1 saturated heterocycles. The highest BCUT2D eigenvalue weighted by molar-refractivity contribution is 6.33. The SMILES string of the molecule is CC(=O)N1CC=C(c2cc(C(F)(F)F)c3nc(C(=O)N4CCC(c5cccc(F)c5)C4)c(Cl)n3c2)CC1. The highest BCUT2D eigenvalue weighted by atomic mass is 35.5. The lowest BCUT2D eigenvalue weighted by molar-refractivity contribution is -0.136. The summed E-state index contributed by atoms with van der Waals surface area (Å²) in [5.74, 6) is -1.15. The summed E-state index contributed by atoms with van der Waals surface area (Å²) in [5.41, 5.74) is -0.00470. The fourth-order valence-electron chi connectivity index (χ4n) is 4.98. The molecule has 37 heavy (non-hydrogen) atoms. The fourth-order valence-corrected chi connectivity index (χ4v) is 5.23. The summed E-state index contributed by atoms with van der Waals surface area (Å²) in [4.78, 5) is 32.0. The number of carbonyl (C=O) groups excluding carboxylic acids is 2. The van der Waals surface area contributed by atoms with Gasteiger partial charge in [0.2, 0.25) is 5.91 Å². The zero-order valence-electron chi connectivity index (χ0n) is 19.9. The number of benzene rings is 1. The molecular weight excluding hydrogens is 512 g/mol. The molecule has 0 N–H and O–H groups in total. The van der Waals surface area contributed by atoms with Crippen LogP contribution in [-0.4, -0.2) is 57.2 Å². The molecule has 4 heterocycles. The molecule has 2 aliphatic heterocycles. The first-order chi connectivity index (χ1) is 17.5. The normalized spacial score (nSPS) is 18.4. The average molecular weight is 535 g/mol. The Bertz CT molecular complexity index is 1430. The van der Waals surface area contributed by atoms with Crippen molar-refractivity contribution in [2.45, 2.75) is 31.9 Å². The number of imidazole rings is 1. The van der Waals surface area contributed by atoms with Crippen molar-refractivity contribution in [3.05, 3.63) is 76.0 Å². The van der Waals surface area contributed by atoms with Crippen molar-refractivity contribution in [3.63, 3.8) is 0 Å². The minimum Gasteiger partial charge on any atom is -0.339 e. The summed E-state index contributed by atoms with van der Waals surface area (Å²) in [6.45, 7) is 2.76. The van der Waals surface area contributed by atoms with Gasteiger partial charge >= 0.3 is 6.18 Å². The van der Waals surface area contributed by atoms with Gasteiger partial charge in [-0.25, -0.2) is 9.37 Å². The van der Waals surface area contributed by atoms with E-state index in [1.165, 1.54) is 30.2 Å². The quantitative estimate of drug-likeness (QED) is 0.422. The van der Waals surface area contributed by atoms with E-state index in [1.54, 1.807) is 23.1 Å². The molecule has 0 saturated carbocycles. The second kappa shape index (κ2) is 9.48. The van der Waals surface area contributed by atoms with Crippen molar-refractivity contribution in [2.75, 3.05) is 26.2 Å². The Kier molecular flexibility index (Phi) is 6.47. The molecule has 0 radical (unpaired) electrons. The van der Waals surface area contributed by atoms with Gasteiger partial charge in [-0.3, -0.25) is 14.0 Å². The van der Waals surface area contributed by atoms with Gasteiger partial charge in [0.1, 0.15) is 11.0 Å². The number of rotatable bonds is 3. The van der Waals surface area contributed by atoms with Gasteiger partial charge in [-0.05, 0) is 47.7 Å². The third kappa shape index (κ3) is 4.82. The molecule has 3 aromatic rings. The number of pyridine rings is 1. The fraction of sp³-hybridized carbons (Fsp3) is 0.346. The molecule has 0 aliphatic carbocycles. The molecule has 2 aromatic heterocycles. The van der Waals surface area contributed by atoms with Crippen LogP contribution in [0.5, 0.6) is 0 Å². The molecule has 2 amide bonds. The van der Waals surface area contributed by atoms with Crippen molar-refractivity contribution >= 4 is 34.6 Å². The summed E-state index contributed by atoms with van der Waals surface area (Å²) >= 11 is 6.47. The van der Waals surface area contributed by atoms with E-state index in [0.717, 1.165) is 16.0 Å². The van der Waals surface area contributed by atoms with Crippen LogP contribution in [0.15, 0.2) is 42.6 Å². The number of hydrogen-bond acceptors (Lipinski definition) is 3. The number of aromatic nitrogens is 2. The summed E-state index contributed by atoms with van der Waals surface area (Å²) < 4.78 is 56.9. The van der Waals surface area contributed by atoms with Crippen LogP contribution < -0.4 is 0 Å². The number of hydrogen-bond donors (Lipinski definition) is 0. The number of carbonyl (C=O) groups is 2. The van der Waals surface area contributed by atoms with E-state index in [0.29, 0.717) is 43.6 Å². The minimum atomic E-state index is -4.73. The molecule has 1 unspecified atom stereocenters. The lowest BCUT2D eigenvalue weighted by Gasteiger charge is -2.25. The van der Waals surface area contributed by atoms with Crippen molar-refractivity contribution in [2.24, 2.45) is 0 Å². The Balaban J connectivity index is 1.49. The molecule has 0 spiro atoms. The number of likely N-dealkylation sites (tertiary alicyclic amines) is 1. The molecule has 194 valence electrons. The van der Waals surface area contributed by atoms with Gasteiger partial charge in [-0.2, -0.15) is 13.2 Å². The largest absolute Gasteiger partial charge is 0.420 e. The van der Waals surface area contributed by atoms with Crippen molar-refractivity contribution in [1.29, 1.82) is 0 Å². The third-order valence-corrected chi connectivity index (χ3v) is 7.35. The van der Waals surface area contributed by atoms with Gasteiger partial charge in [-0.15, -0.1) is 0 Å². The second-order valence-electron chi connectivity index (χ2n) is 9.32. The maximum absolute atomic E-state index is 14.1. The Morgan fingerprint density at radius 2 is 1.92 bits per heavy atom. The van der Waals surface area contributed by atoms with Gasteiger partial charge < -0.3 is 9.80 Å². The van der Waals surface area contributed by atoms with Gasteiger partial charge in [0.05, 0.1) is 5.56 Å². The van der Waals surface area contributed by atoms with Gasteiger partial charge in [0, 0.05) is 45.2 Å². The monoisotopic (exact) mass is 534 g/mol. The van der Waals surface area contributed by atoms with Gasteiger partial charge in [-0.1, -0.05) is 29.8 Å². The van der Waals surface area contributed by atoms with E-state index in [4.69, 9.17) is 11.6 Å². The maximum atomic E-state index is 14.1. The maximum Gasteiger partial charge on any atom is 0.420 e. The summed E-state index contributed by atoms with van der Waals surface area (Å²) in [5, 5.41) is -0.205. The number of amides is 2. The van der Waals surface area contributed by atoms with E-state index >= 15 is 0 Å². The van der Waals surface area contributed by atoms with E-state index in [1.807, 2.05) is 0 Å². The van der Waals surface area contributed by atoms with Crippen molar-refractivity contribution < 1.29 is 27.2 Å². The molecule has 1 aromatic carbocycles. The molecule has 6 nitrogen and oxygen atoms in total. The first kappa shape index (κ1) is 25.3. The number of alkyl halides is 3. The van der Waals surface area contributed by atoms with Crippen molar-refractivity contribution in [1.82, 2.24) is 19.2 Å². The first-order valence-corrected chi connectivity index (χ1v) is 12.2. The molecule has 11 heteroatoms. The summed E-state index contributed by atoms with van der Waals surface area (Å²) in [6.07, 6.45) is -0.590. The third-order valence-electron chi connectivity index (χ3n) is 6.99. The van der Waals surface area contributed by atoms with Crippen LogP contribution in [0.3, 0.4) is 0 Å². The zero-order chi connectivity index (χ0) is 26.5. The van der Waals surface area contributed by atoms with Crippen molar-refractivity contribution in [3.8, 4) is 0 Å². The zero-order valence-corrected chi connectivity index (χ0v) is 20.6. The Hall–Kier alpha value is -3.40. The predicted octanol–water partition coefficient (Wildman–Crippen LogP) is 5.41. The van der Waals surface area contributed by atoms with E-state index < -0.39 is 23.3 Å². The first-order valence-electron chi connectivity index (χ1n) is 11.8. The van der Waals surface area contributed by atoms with Crippen LogP contribution in [0.4, 0.5) is 17.6 Å². The lowest BCUT2D eigenvalue weighted by atomic mass is 9.98. The number of halogens is 5. The predicted molar refractivity (Wildman–Crippen MR) is 130 cm³/mol. The van der Waals surface area contributed by atoms with E-state index in [9.17, 15) is 27.2 Å². The van der Waals surface area contributed by atoms with Crippen LogP contribution in [0.25, 0.3) is 11.2 Å². The van der Waals surface area contributed by atoms with Crippen LogP contribution >= 0.6 is 11.6 Å². The number of nitrogens with zero attached hydrogens (tertiary/aromatic N) is 4. The Morgan fingerprint density at radius 3 is 2.57 bits per heavy atom. The Labute approximate surface area is 215 Å². The smallest absolute Gasteiger partial charge is 0.339 e. The average Bonchev–Trinajstić information content (AvgIpc) is 3.48. The minimum absolute atomic E-state index is 0.0967. The summed E-state index contributed by atoms with van der Waals surface area (Å²) in [7, 11) is 0. The topological polar surface area (TPSA) is 57.9 Å². The molecule has 0 bridgehead atoms. The molecule has 1 atom stereocenters. The van der Waals surface area contributed by atoms with E-state index in [2.05, 4.69) is 4.98 Å². The standard InChI is InChI=1S/C26H23ClF4N4O2/c1-15(36)33-8-5-16(6-9-33)19-12-21(26(29,30)31)24-32-22(23(27)35(24)14-19)25(37)34-10-7-18(13-34)17-3-2-4-20(28)11-17/h2-5,11-12,14,18H,6-10,13H2,1H3. The molecule has 2 aliphatic rings. The van der Waals surface area contributed by atoms with E-state index in [-0.39, 0.29) is 35.0 Å². The molecule has 1 fully saturated rings. The van der Waals surface area contributed by atoms with Crippen LogP contribution in [0.2, 0.25) is 5.15 Å². The molecular formula is C26H23ClF4N4O2. The Morgan fingerprint density at radius 1 is 1.14 bits per heavy atom. The van der Waals surface area contributed by atoms with Crippen LogP contribution in [0, 0.1) is 5.82 Å². The van der Waals surface area contributed by atoms with Crippen LogP contribution in [0.1, 0.15) is 52.9 Å². The van der Waals surface area contributed by atoms with Gasteiger partial charge in [0.15, 0.2) is 11.3 Å². The number of fused-ring (bicyclic) bond motifs is 1. The van der Waals surface area contributed by atoms with Gasteiger partial charge in [0.25, 0.3) is 5.91 Å². The molecule has 5 rings (SSSR count). The summed E-state index contributed by atoms with van der Waals surface area (Å²) in [6, 6.07) is 7.16. The lowest BCUT2D eigenvalue weighted by Crippen LogP contribution is -2.32. The second-order valence-corrected chi connectivity index (χ2v) is 9.68. The highest BCUT2D eigenvalue weighted by Gasteiger charge is 2.37. The van der Waals surface area contributed by atoms with Crippen LogP contribution in [-0.2, 0) is 11.0 Å². The highest BCUT2D eigenvalue weighted by Crippen LogP contribution is 2.37.